The number of nitrogens with zero attached hydrogens (tertiary/aromatic N) is 5. The zero-order valence-electron chi connectivity index (χ0n) is 20.8. The number of nitrogens with one attached hydrogen (secondary N) is 1. The van der Waals surface area contributed by atoms with Crippen molar-refractivity contribution in [1.82, 2.24) is 24.8 Å². The van der Waals surface area contributed by atoms with E-state index in [9.17, 15) is 9.18 Å². The van der Waals surface area contributed by atoms with Crippen molar-refractivity contribution in [2.24, 2.45) is 0 Å². The van der Waals surface area contributed by atoms with E-state index < -0.39 is 0 Å². The van der Waals surface area contributed by atoms with Gasteiger partial charge in [0.25, 0.3) is 5.91 Å². The van der Waals surface area contributed by atoms with Gasteiger partial charge in [-0.15, -0.1) is 0 Å². The smallest absolute Gasteiger partial charge is 0.255 e. The molecule has 0 aliphatic carbocycles. The van der Waals surface area contributed by atoms with Gasteiger partial charge in [0.2, 0.25) is 0 Å². The third-order valence-electron chi connectivity index (χ3n) is 6.53. The topological polar surface area (TPSA) is 74.2 Å². The van der Waals surface area contributed by atoms with Crippen molar-refractivity contribution >= 4 is 11.6 Å². The highest BCUT2D eigenvalue weighted by atomic mass is 19.1. The number of likely N-dealkylation sites (N-methyl/N-ethyl adjacent to an activating group) is 1. The molecule has 1 saturated heterocycles. The lowest BCUT2D eigenvalue weighted by Crippen LogP contribution is -2.43. The van der Waals surface area contributed by atoms with Crippen LogP contribution in [0.2, 0.25) is 0 Å². The summed E-state index contributed by atoms with van der Waals surface area (Å²) >= 11 is 0. The van der Waals surface area contributed by atoms with Crippen LogP contribution in [0, 0.1) is 5.82 Å². The maximum absolute atomic E-state index is 14.6. The Morgan fingerprint density at radius 1 is 1.00 bits per heavy atom. The standard InChI is InChI=1S/C29H29FN6O/c1-35-13-15-36(16-14-35)20-21-4-6-22(7-5-21)29(37)33-25-8-9-26(30)24(17-25)18-28-32-12-10-27(34-28)23-3-2-11-31-19-23/h2-12,17,19H,13-16,18,20H2,1H3,(H,33,37). The minimum absolute atomic E-state index is 0.199. The highest BCUT2D eigenvalue weighted by Gasteiger charge is 2.15. The molecular formula is C29H29FN6O. The number of piperazine rings is 1. The third kappa shape index (κ3) is 6.41. The maximum Gasteiger partial charge on any atom is 0.255 e. The molecule has 0 radical (unpaired) electrons. The molecule has 7 nitrogen and oxygen atoms in total. The van der Waals surface area contributed by atoms with Crippen LogP contribution in [0.4, 0.5) is 10.1 Å². The highest BCUT2D eigenvalue weighted by Crippen LogP contribution is 2.20. The number of halogens is 1. The normalized spacial score (nSPS) is 14.4. The van der Waals surface area contributed by atoms with Crippen molar-refractivity contribution in [1.29, 1.82) is 0 Å². The lowest BCUT2D eigenvalue weighted by molar-refractivity contribution is 0.102. The van der Waals surface area contributed by atoms with Crippen molar-refractivity contribution in [3.05, 3.63) is 108 Å². The third-order valence-corrected chi connectivity index (χ3v) is 6.53. The summed E-state index contributed by atoms with van der Waals surface area (Å²) < 4.78 is 14.6. The van der Waals surface area contributed by atoms with E-state index in [2.05, 4.69) is 37.1 Å². The van der Waals surface area contributed by atoms with Crippen LogP contribution in [-0.2, 0) is 13.0 Å². The van der Waals surface area contributed by atoms with Crippen LogP contribution in [0.25, 0.3) is 11.3 Å². The Hall–Kier alpha value is -4.01. The number of carbonyl (C=O) groups is 1. The predicted molar refractivity (Wildman–Crippen MR) is 142 cm³/mol. The molecule has 188 valence electrons. The number of hydrogen-bond donors (Lipinski definition) is 1. The molecule has 1 aliphatic rings. The monoisotopic (exact) mass is 496 g/mol. The number of carbonyl (C=O) groups excluding carboxylic acids is 1. The molecule has 1 aliphatic heterocycles. The number of amides is 1. The van der Waals surface area contributed by atoms with Crippen LogP contribution in [0.3, 0.4) is 0 Å². The largest absolute Gasteiger partial charge is 0.322 e. The summed E-state index contributed by atoms with van der Waals surface area (Å²) in [6.07, 6.45) is 5.28. The van der Waals surface area contributed by atoms with Crippen molar-refractivity contribution < 1.29 is 9.18 Å². The van der Waals surface area contributed by atoms with Gasteiger partial charge in [-0.25, -0.2) is 14.4 Å². The van der Waals surface area contributed by atoms with Crippen molar-refractivity contribution in [2.75, 3.05) is 38.5 Å². The summed E-state index contributed by atoms with van der Waals surface area (Å²) in [7, 11) is 2.14. The van der Waals surface area contributed by atoms with Crippen LogP contribution in [-0.4, -0.2) is 63.9 Å². The predicted octanol–water partition coefficient (Wildman–Crippen LogP) is 4.27. The summed E-state index contributed by atoms with van der Waals surface area (Å²) in [5.41, 5.74) is 4.25. The fourth-order valence-corrected chi connectivity index (χ4v) is 4.35. The zero-order chi connectivity index (χ0) is 25.6. The molecule has 0 unspecified atom stereocenters. The molecule has 3 heterocycles. The number of pyridine rings is 1. The quantitative estimate of drug-likeness (QED) is 0.412. The van der Waals surface area contributed by atoms with Crippen LogP contribution in [0.1, 0.15) is 27.3 Å². The fraction of sp³-hybridized carbons (Fsp3) is 0.241. The van der Waals surface area contributed by atoms with Crippen LogP contribution in [0.15, 0.2) is 79.3 Å². The second-order valence-corrected chi connectivity index (χ2v) is 9.31. The number of benzene rings is 2. The van der Waals surface area contributed by atoms with Gasteiger partial charge in [0.05, 0.1) is 5.69 Å². The molecular weight excluding hydrogens is 467 g/mol. The summed E-state index contributed by atoms with van der Waals surface area (Å²) in [5, 5.41) is 2.88. The summed E-state index contributed by atoms with van der Waals surface area (Å²) in [6.45, 7) is 5.11. The SMILES string of the molecule is CN1CCN(Cc2ccc(C(=O)Nc3ccc(F)c(Cc4nccc(-c5cccnc5)n4)c3)cc2)CC1. The number of anilines is 1. The second-order valence-electron chi connectivity index (χ2n) is 9.31. The summed E-state index contributed by atoms with van der Waals surface area (Å²) in [4.78, 5) is 30.6. The van der Waals surface area contributed by atoms with Gasteiger partial charge in [-0.3, -0.25) is 14.7 Å². The van der Waals surface area contributed by atoms with Crippen molar-refractivity contribution in [3.8, 4) is 11.3 Å². The van der Waals surface area contributed by atoms with Gasteiger partial charge in [-0.2, -0.15) is 0 Å². The van der Waals surface area contributed by atoms with E-state index in [-0.39, 0.29) is 18.1 Å². The average molecular weight is 497 g/mol. The van der Waals surface area contributed by atoms with E-state index >= 15 is 0 Å². The van der Waals surface area contributed by atoms with E-state index in [0.717, 1.165) is 44.0 Å². The van der Waals surface area contributed by atoms with E-state index in [0.29, 0.717) is 22.6 Å². The maximum atomic E-state index is 14.6. The van der Waals surface area contributed by atoms with E-state index in [1.54, 1.807) is 36.8 Å². The summed E-state index contributed by atoms with van der Waals surface area (Å²) in [6, 6.07) is 17.8. The Morgan fingerprint density at radius 3 is 2.57 bits per heavy atom. The van der Waals surface area contributed by atoms with Gasteiger partial charge in [-0.1, -0.05) is 12.1 Å². The Labute approximate surface area is 216 Å². The van der Waals surface area contributed by atoms with Crippen LogP contribution < -0.4 is 5.32 Å². The first-order valence-electron chi connectivity index (χ1n) is 12.4. The van der Waals surface area contributed by atoms with Gasteiger partial charge in [-0.05, 0) is 66.7 Å². The van der Waals surface area contributed by atoms with E-state index in [4.69, 9.17) is 0 Å². The molecule has 0 bridgehead atoms. The number of aromatic nitrogens is 3. The first kappa shape index (κ1) is 24.7. The molecule has 4 aromatic rings. The van der Waals surface area contributed by atoms with Crippen LogP contribution >= 0.6 is 0 Å². The van der Waals surface area contributed by atoms with Crippen LogP contribution in [0.5, 0.6) is 0 Å². The lowest BCUT2D eigenvalue weighted by Gasteiger charge is -2.32. The molecule has 2 aromatic carbocycles. The van der Waals surface area contributed by atoms with E-state index in [1.807, 2.05) is 36.4 Å². The average Bonchev–Trinajstić information content (AvgIpc) is 2.93. The molecule has 1 amide bonds. The molecule has 0 spiro atoms. The molecule has 1 fully saturated rings. The Kier molecular flexibility index (Phi) is 7.58. The minimum Gasteiger partial charge on any atom is -0.322 e. The van der Waals surface area contributed by atoms with Crippen molar-refractivity contribution in [3.63, 3.8) is 0 Å². The fourth-order valence-electron chi connectivity index (χ4n) is 4.35. The minimum atomic E-state index is -0.373. The Balaban J connectivity index is 1.24. The van der Waals surface area contributed by atoms with Gasteiger partial charge >= 0.3 is 0 Å². The first-order chi connectivity index (χ1) is 18.0. The highest BCUT2D eigenvalue weighted by molar-refractivity contribution is 6.04. The molecule has 2 aromatic heterocycles. The van der Waals surface area contributed by atoms with Gasteiger partial charge < -0.3 is 10.2 Å². The molecule has 37 heavy (non-hydrogen) atoms. The number of rotatable bonds is 7. The van der Waals surface area contributed by atoms with Gasteiger partial charge in [0.1, 0.15) is 11.6 Å². The molecule has 0 atom stereocenters. The molecule has 0 saturated carbocycles. The lowest BCUT2D eigenvalue weighted by atomic mass is 10.1. The molecule has 5 rings (SSSR count). The molecule has 1 N–H and O–H groups in total. The Morgan fingerprint density at radius 2 is 1.81 bits per heavy atom. The molecule has 8 heteroatoms. The van der Waals surface area contributed by atoms with Gasteiger partial charge in [0.15, 0.2) is 0 Å². The first-order valence-corrected chi connectivity index (χ1v) is 12.4. The number of hydrogen-bond acceptors (Lipinski definition) is 6. The van der Waals surface area contributed by atoms with Gasteiger partial charge in [0, 0.05) is 74.5 Å². The second kappa shape index (κ2) is 11.4. The van der Waals surface area contributed by atoms with E-state index in [1.165, 1.54) is 11.6 Å². The zero-order valence-corrected chi connectivity index (χ0v) is 20.8. The summed E-state index contributed by atoms with van der Waals surface area (Å²) in [5.74, 6) is -0.125. The Bertz CT molecular complexity index is 1350. The van der Waals surface area contributed by atoms with Crippen molar-refractivity contribution in [2.45, 2.75) is 13.0 Å².